The van der Waals surface area contributed by atoms with Crippen LogP contribution in [0.15, 0.2) is 47.1 Å². The molecule has 6 heteroatoms. The number of hydrogen-bond donors (Lipinski definition) is 1. The zero-order valence-electron chi connectivity index (χ0n) is 11.3. The molecule has 0 atom stereocenters. The Morgan fingerprint density at radius 1 is 1.24 bits per heavy atom. The standard InChI is InChI=1S/C15H13BrN2O3/c1-18(9-10-4-6-11(16)7-5-10)14(19)13-12(15(20)21)3-2-8-17-13/h2-8H,9H2,1H3,(H,20,21). The number of carboxylic acids is 1. The van der Waals surface area contributed by atoms with Crippen molar-refractivity contribution < 1.29 is 14.7 Å². The summed E-state index contributed by atoms with van der Waals surface area (Å²) >= 11 is 3.35. The van der Waals surface area contributed by atoms with Gasteiger partial charge in [0.05, 0.1) is 5.56 Å². The van der Waals surface area contributed by atoms with Gasteiger partial charge in [-0.15, -0.1) is 0 Å². The molecule has 0 fully saturated rings. The van der Waals surface area contributed by atoms with Gasteiger partial charge in [0.2, 0.25) is 0 Å². The summed E-state index contributed by atoms with van der Waals surface area (Å²) in [6.07, 6.45) is 1.41. The maximum Gasteiger partial charge on any atom is 0.338 e. The molecule has 0 bridgehead atoms. The van der Waals surface area contributed by atoms with Crippen LogP contribution in [0, 0.1) is 0 Å². The van der Waals surface area contributed by atoms with Gasteiger partial charge in [-0.1, -0.05) is 28.1 Å². The van der Waals surface area contributed by atoms with Crippen molar-refractivity contribution in [3.63, 3.8) is 0 Å². The molecule has 1 N–H and O–H groups in total. The Bertz CT molecular complexity index is 671. The molecule has 1 aromatic heterocycles. The van der Waals surface area contributed by atoms with Gasteiger partial charge in [0.25, 0.3) is 5.91 Å². The van der Waals surface area contributed by atoms with Gasteiger partial charge in [-0.2, -0.15) is 0 Å². The van der Waals surface area contributed by atoms with Crippen LogP contribution in [-0.4, -0.2) is 33.9 Å². The first-order valence-electron chi connectivity index (χ1n) is 6.17. The maximum absolute atomic E-state index is 12.3. The maximum atomic E-state index is 12.3. The summed E-state index contributed by atoms with van der Waals surface area (Å²) in [5, 5.41) is 9.10. The second-order valence-electron chi connectivity index (χ2n) is 4.49. The summed E-state index contributed by atoms with van der Waals surface area (Å²) in [5.74, 6) is -1.58. The highest BCUT2D eigenvalue weighted by molar-refractivity contribution is 9.10. The number of aromatic nitrogens is 1. The average molecular weight is 349 g/mol. The molecule has 0 aliphatic carbocycles. The molecule has 0 radical (unpaired) electrons. The molecule has 2 aromatic rings. The van der Waals surface area contributed by atoms with Crippen LogP contribution in [0.1, 0.15) is 26.4 Å². The summed E-state index contributed by atoms with van der Waals surface area (Å²) in [6, 6.07) is 10.4. The summed E-state index contributed by atoms with van der Waals surface area (Å²) in [6.45, 7) is 0.377. The Balaban J connectivity index is 2.20. The van der Waals surface area contributed by atoms with Gasteiger partial charge >= 0.3 is 5.97 Å². The number of nitrogens with zero attached hydrogens (tertiary/aromatic N) is 2. The zero-order chi connectivity index (χ0) is 15.4. The van der Waals surface area contributed by atoms with Crippen LogP contribution < -0.4 is 0 Å². The number of halogens is 1. The van der Waals surface area contributed by atoms with Crippen LogP contribution in [-0.2, 0) is 6.54 Å². The van der Waals surface area contributed by atoms with Crippen molar-refractivity contribution in [2.24, 2.45) is 0 Å². The Kier molecular flexibility index (Phi) is 4.70. The highest BCUT2D eigenvalue weighted by Gasteiger charge is 2.20. The van der Waals surface area contributed by atoms with Crippen LogP contribution in [0.5, 0.6) is 0 Å². The lowest BCUT2D eigenvalue weighted by Gasteiger charge is -2.17. The van der Waals surface area contributed by atoms with E-state index in [2.05, 4.69) is 20.9 Å². The van der Waals surface area contributed by atoms with Gasteiger partial charge < -0.3 is 10.0 Å². The zero-order valence-corrected chi connectivity index (χ0v) is 12.9. The normalized spacial score (nSPS) is 10.2. The summed E-state index contributed by atoms with van der Waals surface area (Å²) in [4.78, 5) is 28.8. The quantitative estimate of drug-likeness (QED) is 0.922. The van der Waals surface area contributed by atoms with Crippen molar-refractivity contribution >= 4 is 27.8 Å². The summed E-state index contributed by atoms with van der Waals surface area (Å²) in [7, 11) is 1.62. The Hall–Kier alpha value is -2.21. The minimum absolute atomic E-state index is 0.0513. The second kappa shape index (κ2) is 6.49. The van der Waals surface area contributed by atoms with Crippen LogP contribution in [0.3, 0.4) is 0 Å². The number of carbonyl (C=O) groups excluding carboxylic acids is 1. The van der Waals surface area contributed by atoms with Gasteiger partial charge in [-0.05, 0) is 29.8 Å². The van der Waals surface area contributed by atoms with E-state index in [0.29, 0.717) is 6.54 Å². The van der Waals surface area contributed by atoms with Crippen LogP contribution in [0.4, 0.5) is 0 Å². The highest BCUT2D eigenvalue weighted by Crippen LogP contribution is 2.14. The molecule has 0 saturated heterocycles. The fourth-order valence-corrected chi connectivity index (χ4v) is 2.13. The lowest BCUT2D eigenvalue weighted by molar-refractivity contribution is 0.0678. The lowest BCUT2D eigenvalue weighted by atomic mass is 10.1. The Morgan fingerprint density at radius 2 is 1.90 bits per heavy atom. The fraction of sp³-hybridized carbons (Fsp3) is 0.133. The van der Waals surface area contributed by atoms with Crippen molar-refractivity contribution in [2.75, 3.05) is 7.05 Å². The van der Waals surface area contributed by atoms with Gasteiger partial charge in [0.15, 0.2) is 0 Å². The third-order valence-corrected chi connectivity index (χ3v) is 3.45. The van der Waals surface area contributed by atoms with Crippen molar-refractivity contribution in [1.29, 1.82) is 0 Å². The first kappa shape index (κ1) is 15.2. The molecule has 2 rings (SSSR count). The first-order valence-corrected chi connectivity index (χ1v) is 6.96. The topological polar surface area (TPSA) is 70.5 Å². The number of aromatic carboxylic acids is 1. The number of amides is 1. The number of carbonyl (C=O) groups is 2. The smallest absolute Gasteiger partial charge is 0.338 e. The molecule has 1 heterocycles. The van der Waals surface area contributed by atoms with Crippen LogP contribution in [0.2, 0.25) is 0 Å². The predicted molar refractivity (Wildman–Crippen MR) is 81.1 cm³/mol. The lowest BCUT2D eigenvalue weighted by Crippen LogP contribution is -2.28. The molecular formula is C15H13BrN2O3. The Labute approximate surface area is 130 Å². The molecule has 108 valence electrons. The van der Waals surface area contributed by atoms with E-state index in [0.717, 1.165) is 10.0 Å². The third kappa shape index (κ3) is 3.66. The van der Waals surface area contributed by atoms with E-state index < -0.39 is 11.9 Å². The number of pyridine rings is 1. The molecule has 1 amide bonds. The van der Waals surface area contributed by atoms with E-state index in [9.17, 15) is 9.59 Å². The molecule has 0 saturated carbocycles. The molecule has 0 aliphatic heterocycles. The van der Waals surface area contributed by atoms with Crippen molar-refractivity contribution in [3.05, 3.63) is 63.9 Å². The monoisotopic (exact) mass is 348 g/mol. The summed E-state index contributed by atoms with van der Waals surface area (Å²) in [5.41, 5.74) is 0.802. The van der Waals surface area contributed by atoms with E-state index in [1.165, 1.54) is 23.2 Å². The van der Waals surface area contributed by atoms with E-state index >= 15 is 0 Å². The SMILES string of the molecule is CN(Cc1ccc(Br)cc1)C(=O)c1ncccc1C(=O)O. The number of benzene rings is 1. The molecule has 0 spiro atoms. The highest BCUT2D eigenvalue weighted by atomic mass is 79.9. The summed E-state index contributed by atoms with van der Waals surface area (Å²) < 4.78 is 0.957. The molecule has 0 unspecified atom stereocenters. The fourth-order valence-electron chi connectivity index (χ4n) is 1.86. The number of hydrogen-bond acceptors (Lipinski definition) is 3. The van der Waals surface area contributed by atoms with Crippen molar-refractivity contribution in [2.45, 2.75) is 6.54 Å². The van der Waals surface area contributed by atoms with Gasteiger partial charge in [0.1, 0.15) is 5.69 Å². The molecule has 1 aromatic carbocycles. The predicted octanol–water partition coefficient (Wildman–Crippen LogP) is 2.81. The number of rotatable bonds is 4. The average Bonchev–Trinajstić information content (AvgIpc) is 2.48. The third-order valence-electron chi connectivity index (χ3n) is 2.92. The van der Waals surface area contributed by atoms with E-state index in [1.807, 2.05) is 24.3 Å². The number of carboxylic acid groups (broad SMARTS) is 1. The first-order chi connectivity index (χ1) is 9.99. The van der Waals surface area contributed by atoms with Gasteiger partial charge in [0, 0.05) is 24.3 Å². The molecule has 5 nitrogen and oxygen atoms in total. The minimum atomic E-state index is -1.16. The molecule has 0 aliphatic rings. The van der Waals surface area contributed by atoms with Crippen molar-refractivity contribution in [3.8, 4) is 0 Å². The van der Waals surface area contributed by atoms with E-state index in [1.54, 1.807) is 7.05 Å². The van der Waals surface area contributed by atoms with Crippen LogP contribution >= 0.6 is 15.9 Å². The molecule has 21 heavy (non-hydrogen) atoms. The largest absolute Gasteiger partial charge is 0.478 e. The van der Waals surface area contributed by atoms with Crippen molar-refractivity contribution in [1.82, 2.24) is 9.88 Å². The van der Waals surface area contributed by atoms with E-state index in [-0.39, 0.29) is 11.3 Å². The van der Waals surface area contributed by atoms with Crippen LogP contribution in [0.25, 0.3) is 0 Å². The minimum Gasteiger partial charge on any atom is -0.478 e. The van der Waals surface area contributed by atoms with Gasteiger partial charge in [-0.25, -0.2) is 4.79 Å². The van der Waals surface area contributed by atoms with E-state index in [4.69, 9.17) is 5.11 Å². The second-order valence-corrected chi connectivity index (χ2v) is 5.41. The Morgan fingerprint density at radius 3 is 2.52 bits per heavy atom. The van der Waals surface area contributed by atoms with Gasteiger partial charge in [-0.3, -0.25) is 9.78 Å². The molecular weight excluding hydrogens is 336 g/mol.